The van der Waals surface area contributed by atoms with Crippen LogP contribution in [0.3, 0.4) is 0 Å². The van der Waals surface area contributed by atoms with Gasteiger partial charge >= 0.3 is 0 Å². The molecule has 0 atom stereocenters. The lowest BCUT2D eigenvalue weighted by Crippen LogP contribution is -2.49. The van der Waals surface area contributed by atoms with Gasteiger partial charge in [0.25, 0.3) is 0 Å². The Morgan fingerprint density at radius 1 is 1.08 bits per heavy atom. The van der Waals surface area contributed by atoms with Gasteiger partial charge in [-0.25, -0.2) is 0 Å². The smallest absolute Gasteiger partial charge is 0.223 e. The molecule has 0 aromatic carbocycles. The molecule has 2 rings (SSSR count). The zero-order valence-corrected chi connectivity index (χ0v) is 14.8. The van der Waals surface area contributed by atoms with Crippen LogP contribution >= 0.6 is 0 Å². The fourth-order valence-corrected chi connectivity index (χ4v) is 3.25. The van der Waals surface area contributed by atoms with Crippen LogP contribution < -0.4 is 5.32 Å². The fraction of sp³-hybridized carbons (Fsp3) is 0.824. The molecule has 0 spiro atoms. The predicted octanol–water partition coefficient (Wildman–Crippen LogP) is 0.531. The minimum Gasteiger partial charge on any atom is -0.383 e. The van der Waals surface area contributed by atoms with Crippen molar-refractivity contribution in [1.29, 1.82) is 0 Å². The molecule has 7 heteroatoms. The molecule has 0 aromatic rings. The largest absolute Gasteiger partial charge is 0.383 e. The van der Waals surface area contributed by atoms with Crippen LogP contribution in [0.25, 0.3) is 0 Å². The molecule has 24 heavy (non-hydrogen) atoms. The van der Waals surface area contributed by atoms with Gasteiger partial charge in [0.05, 0.1) is 6.61 Å². The summed E-state index contributed by atoms with van der Waals surface area (Å²) in [6.07, 6.45) is 4.25. The molecule has 0 aromatic heterocycles. The molecule has 1 aliphatic carbocycles. The summed E-state index contributed by atoms with van der Waals surface area (Å²) in [5.41, 5.74) is 0. The normalized spacial score (nSPS) is 18.3. The highest BCUT2D eigenvalue weighted by Gasteiger charge is 2.38. The van der Waals surface area contributed by atoms with E-state index in [1.165, 1.54) is 0 Å². The van der Waals surface area contributed by atoms with Crippen LogP contribution in [0.15, 0.2) is 0 Å². The second-order valence-corrected chi connectivity index (χ2v) is 6.61. The number of carbonyl (C=O) groups is 3. The van der Waals surface area contributed by atoms with Crippen LogP contribution in [0, 0.1) is 0 Å². The average molecular weight is 339 g/mol. The van der Waals surface area contributed by atoms with Crippen molar-refractivity contribution in [1.82, 2.24) is 15.1 Å². The number of likely N-dealkylation sites (tertiary alicyclic amines) is 1. The highest BCUT2D eigenvalue weighted by Crippen LogP contribution is 2.32. The van der Waals surface area contributed by atoms with Gasteiger partial charge in [-0.2, -0.15) is 0 Å². The van der Waals surface area contributed by atoms with Gasteiger partial charge in [-0.15, -0.1) is 0 Å². The molecule has 0 radical (unpaired) electrons. The van der Waals surface area contributed by atoms with E-state index in [1.807, 2.05) is 9.80 Å². The van der Waals surface area contributed by atoms with Crippen molar-refractivity contribution in [3.8, 4) is 0 Å². The average Bonchev–Trinajstić information content (AvgIpc) is 3.39. The van der Waals surface area contributed by atoms with Crippen LogP contribution in [-0.2, 0) is 19.1 Å². The number of piperidine rings is 1. The van der Waals surface area contributed by atoms with Crippen LogP contribution in [0.2, 0.25) is 0 Å². The van der Waals surface area contributed by atoms with Crippen LogP contribution in [0.1, 0.15) is 45.4 Å². The summed E-state index contributed by atoms with van der Waals surface area (Å²) >= 11 is 0. The number of nitrogens with zero attached hydrogens (tertiary/aromatic N) is 2. The Morgan fingerprint density at radius 3 is 2.25 bits per heavy atom. The zero-order valence-electron chi connectivity index (χ0n) is 14.8. The summed E-state index contributed by atoms with van der Waals surface area (Å²) < 4.78 is 4.88. The third-order valence-corrected chi connectivity index (χ3v) is 4.73. The van der Waals surface area contributed by atoms with E-state index in [0.717, 1.165) is 25.7 Å². The highest BCUT2D eigenvalue weighted by molar-refractivity contribution is 5.84. The second kappa shape index (κ2) is 9.01. The summed E-state index contributed by atoms with van der Waals surface area (Å²) in [6, 6.07) is 0.542. The topological polar surface area (TPSA) is 79.0 Å². The van der Waals surface area contributed by atoms with Crippen molar-refractivity contribution in [3.05, 3.63) is 0 Å². The molecule has 0 bridgehead atoms. The summed E-state index contributed by atoms with van der Waals surface area (Å²) in [7, 11) is 1.58. The van der Waals surface area contributed by atoms with E-state index in [9.17, 15) is 14.4 Å². The molecule has 1 heterocycles. The number of carbonyl (C=O) groups excluding carboxylic acids is 3. The minimum atomic E-state index is -0.109. The van der Waals surface area contributed by atoms with Gasteiger partial charge in [0, 0.05) is 58.6 Å². The van der Waals surface area contributed by atoms with Gasteiger partial charge in [-0.3, -0.25) is 14.4 Å². The van der Waals surface area contributed by atoms with E-state index in [-0.39, 0.29) is 36.6 Å². The van der Waals surface area contributed by atoms with Gasteiger partial charge in [-0.1, -0.05) is 0 Å². The van der Waals surface area contributed by atoms with Gasteiger partial charge in [-0.05, 0) is 25.7 Å². The third-order valence-electron chi connectivity index (χ3n) is 4.73. The van der Waals surface area contributed by atoms with Gasteiger partial charge in [0.1, 0.15) is 0 Å². The van der Waals surface area contributed by atoms with Crippen LogP contribution in [0.5, 0.6) is 0 Å². The quantitative estimate of drug-likeness (QED) is 0.654. The maximum Gasteiger partial charge on any atom is 0.223 e. The zero-order chi connectivity index (χ0) is 17.5. The number of methoxy groups -OCH3 is 1. The molecule has 1 saturated carbocycles. The number of hydrogen-bond acceptors (Lipinski definition) is 4. The molecule has 7 nitrogen and oxygen atoms in total. The minimum absolute atomic E-state index is 0.0701. The maximum absolute atomic E-state index is 12.6. The first-order chi connectivity index (χ1) is 11.5. The van der Waals surface area contributed by atoms with Crippen molar-refractivity contribution in [2.45, 2.75) is 57.5 Å². The second-order valence-electron chi connectivity index (χ2n) is 6.61. The van der Waals surface area contributed by atoms with E-state index >= 15 is 0 Å². The van der Waals surface area contributed by atoms with E-state index in [4.69, 9.17) is 4.74 Å². The Bertz CT molecular complexity index is 457. The first-order valence-electron chi connectivity index (χ1n) is 8.85. The Labute approximate surface area is 143 Å². The Hall–Kier alpha value is -1.63. The molecule has 2 aliphatic rings. The molecule has 2 fully saturated rings. The van der Waals surface area contributed by atoms with E-state index < -0.39 is 0 Å². The first kappa shape index (κ1) is 18.7. The Kier molecular flexibility index (Phi) is 7.02. The third kappa shape index (κ3) is 5.47. The number of hydrogen-bond donors (Lipinski definition) is 1. The van der Waals surface area contributed by atoms with Gasteiger partial charge in [0.2, 0.25) is 17.7 Å². The number of rotatable bonds is 8. The molecule has 136 valence electrons. The lowest BCUT2D eigenvalue weighted by Gasteiger charge is -2.38. The monoisotopic (exact) mass is 339 g/mol. The van der Waals surface area contributed by atoms with Crippen molar-refractivity contribution >= 4 is 17.7 Å². The van der Waals surface area contributed by atoms with E-state index in [0.29, 0.717) is 32.3 Å². The summed E-state index contributed by atoms with van der Waals surface area (Å²) in [5, 5.41) is 2.74. The van der Waals surface area contributed by atoms with Crippen LogP contribution in [-0.4, -0.2) is 73.0 Å². The van der Waals surface area contributed by atoms with Gasteiger partial charge in [0.15, 0.2) is 0 Å². The lowest BCUT2D eigenvalue weighted by atomic mass is 10.0. The summed E-state index contributed by atoms with van der Waals surface area (Å²) in [4.78, 5) is 39.6. The summed E-state index contributed by atoms with van der Waals surface area (Å²) in [6.45, 7) is 3.97. The Balaban J connectivity index is 1.79. The van der Waals surface area contributed by atoms with E-state index in [1.54, 1.807) is 14.0 Å². The number of nitrogens with one attached hydrogen (secondary N) is 1. The maximum atomic E-state index is 12.6. The fourth-order valence-electron chi connectivity index (χ4n) is 3.25. The van der Waals surface area contributed by atoms with Crippen molar-refractivity contribution in [3.63, 3.8) is 0 Å². The Morgan fingerprint density at radius 2 is 1.71 bits per heavy atom. The molecule has 3 amide bonds. The van der Waals surface area contributed by atoms with Crippen molar-refractivity contribution < 1.29 is 19.1 Å². The lowest BCUT2D eigenvalue weighted by molar-refractivity contribution is -0.138. The molecule has 0 unspecified atom stereocenters. The van der Waals surface area contributed by atoms with E-state index in [2.05, 4.69) is 5.32 Å². The SMILES string of the molecule is COCCNC(=O)CCC(=O)N(C1CC1)C1CCN(C(C)=O)CC1. The highest BCUT2D eigenvalue weighted by atomic mass is 16.5. The van der Waals surface area contributed by atoms with Crippen molar-refractivity contribution in [2.24, 2.45) is 0 Å². The molecular formula is C17H29N3O4. The molecule has 1 aliphatic heterocycles. The van der Waals surface area contributed by atoms with Crippen molar-refractivity contribution in [2.75, 3.05) is 33.4 Å². The van der Waals surface area contributed by atoms with Gasteiger partial charge < -0.3 is 19.9 Å². The molecule has 1 N–H and O–H groups in total. The molecular weight excluding hydrogens is 310 g/mol. The first-order valence-corrected chi connectivity index (χ1v) is 8.85. The predicted molar refractivity (Wildman–Crippen MR) is 89.3 cm³/mol. The standard InChI is InChI=1S/C17H29N3O4/c1-13(21)19-10-7-15(8-11-19)20(14-3-4-14)17(23)6-5-16(22)18-9-12-24-2/h14-15H,3-12H2,1-2H3,(H,18,22). The molecule has 1 saturated heterocycles. The number of amides is 3. The number of ether oxygens (including phenoxy) is 1. The van der Waals surface area contributed by atoms with Crippen LogP contribution in [0.4, 0.5) is 0 Å². The summed E-state index contributed by atoms with van der Waals surface area (Å²) in [5.74, 6) is 0.0636.